The maximum atomic E-state index is 13.5. The van der Waals surface area contributed by atoms with Gasteiger partial charge >= 0.3 is 0 Å². The summed E-state index contributed by atoms with van der Waals surface area (Å²) < 4.78 is 3.44. The largest absolute Gasteiger partial charge is 0.508 e. The quantitative estimate of drug-likeness (QED) is 0.220. The van der Waals surface area contributed by atoms with Gasteiger partial charge in [-0.1, -0.05) is 54.6 Å². The van der Waals surface area contributed by atoms with Crippen LogP contribution in [-0.2, 0) is 11.2 Å². The number of carbonyl (C=O) groups is 2. The van der Waals surface area contributed by atoms with Gasteiger partial charge in [0.2, 0.25) is 5.91 Å². The average molecular weight is 514 g/mol. The molecule has 0 fully saturated rings. The molecule has 0 unspecified atom stereocenters. The second kappa shape index (κ2) is 11.5. The van der Waals surface area contributed by atoms with Crippen molar-refractivity contribution in [2.24, 2.45) is 0 Å². The van der Waals surface area contributed by atoms with Crippen LogP contribution < -0.4 is 15.4 Å². The van der Waals surface area contributed by atoms with E-state index in [1.54, 1.807) is 11.9 Å². The van der Waals surface area contributed by atoms with Crippen LogP contribution in [0.15, 0.2) is 95.9 Å². The van der Waals surface area contributed by atoms with Crippen molar-refractivity contribution in [3.8, 4) is 5.75 Å². The van der Waals surface area contributed by atoms with Gasteiger partial charge in [-0.2, -0.15) is 0 Å². The number of hydrogen-bond donors (Lipinski definition) is 4. The number of hydrogen-bond acceptors (Lipinski definition) is 5. The molecule has 0 saturated carbocycles. The van der Waals surface area contributed by atoms with E-state index in [0.29, 0.717) is 17.7 Å². The molecule has 37 heavy (non-hydrogen) atoms. The lowest BCUT2D eigenvalue weighted by atomic mass is 10.0. The number of carbonyl (C=O) groups excluding carboxylic acids is 2. The van der Waals surface area contributed by atoms with Gasteiger partial charge in [-0.25, -0.2) is 0 Å². The number of fused-ring (bicyclic) bond motifs is 1. The fraction of sp³-hybridized carbons (Fsp3) is 0.200. The number of rotatable bonds is 8. The van der Waals surface area contributed by atoms with Crippen molar-refractivity contribution in [1.29, 1.82) is 0 Å². The number of aromatic hydroxyl groups is 1. The Hall–Kier alpha value is -3.81. The Balaban J connectivity index is 1.59. The highest BCUT2D eigenvalue weighted by molar-refractivity contribution is 7.97. The molecule has 0 heterocycles. The first kappa shape index (κ1) is 26.3. The molecule has 0 saturated heterocycles. The van der Waals surface area contributed by atoms with Crippen molar-refractivity contribution >= 4 is 40.2 Å². The Morgan fingerprint density at radius 3 is 2.22 bits per heavy atom. The first-order valence-electron chi connectivity index (χ1n) is 12.1. The van der Waals surface area contributed by atoms with Crippen molar-refractivity contribution in [3.05, 3.63) is 102 Å². The molecule has 1 atom stereocenters. The molecule has 0 spiro atoms. The molecule has 0 aliphatic rings. The predicted molar refractivity (Wildman–Crippen MR) is 151 cm³/mol. The summed E-state index contributed by atoms with van der Waals surface area (Å²) in [4.78, 5) is 27.5. The molecule has 190 valence electrons. The summed E-state index contributed by atoms with van der Waals surface area (Å²) in [6.45, 7) is 6.32. The number of anilines is 1. The summed E-state index contributed by atoms with van der Waals surface area (Å²) in [5.41, 5.74) is 1.91. The Labute approximate surface area is 221 Å². The summed E-state index contributed by atoms with van der Waals surface area (Å²) in [6, 6.07) is 26.5. The molecule has 0 radical (unpaired) electrons. The van der Waals surface area contributed by atoms with Gasteiger partial charge in [-0.15, -0.1) is 0 Å². The van der Waals surface area contributed by atoms with Crippen LogP contribution >= 0.6 is 11.9 Å². The van der Waals surface area contributed by atoms with Crippen LogP contribution in [0.25, 0.3) is 10.8 Å². The number of phenols is 1. The first-order chi connectivity index (χ1) is 17.7. The minimum atomic E-state index is -0.806. The minimum absolute atomic E-state index is 0.0565. The van der Waals surface area contributed by atoms with Crippen LogP contribution in [0.2, 0.25) is 0 Å². The number of benzene rings is 4. The third-order valence-corrected chi connectivity index (χ3v) is 6.93. The predicted octanol–water partition coefficient (Wildman–Crippen LogP) is 5.92. The standard InChI is InChI=1S/C30H31N3O3S/c1-30(2,3)33-37-27-14-8-11-23-24(27)12-7-13-25(23)31-29(36)26(19-20-9-5-4-6-10-20)32-28(35)21-15-17-22(34)18-16-21/h4-18,26,33-34H,19H2,1-3H3,(H,31,36)(H,32,35)/t26-/m0/s1. The molecule has 4 aromatic rings. The van der Waals surface area contributed by atoms with E-state index in [1.165, 1.54) is 24.3 Å². The Kier molecular flexibility index (Phi) is 8.16. The Morgan fingerprint density at radius 2 is 1.51 bits per heavy atom. The molecular weight excluding hydrogens is 482 g/mol. The molecule has 2 amide bonds. The van der Waals surface area contributed by atoms with E-state index in [9.17, 15) is 14.7 Å². The lowest BCUT2D eigenvalue weighted by molar-refractivity contribution is -0.118. The zero-order valence-electron chi connectivity index (χ0n) is 21.1. The van der Waals surface area contributed by atoms with Crippen molar-refractivity contribution in [2.45, 2.75) is 43.7 Å². The Morgan fingerprint density at radius 1 is 0.838 bits per heavy atom. The molecule has 4 N–H and O–H groups in total. The molecule has 4 aromatic carbocycles. The number of amides is 2. The van der Waals surface area contributed by atoms with E-state index in [1.807, 2.05) is 66.7 Å². The molecule has 0 aliphatic heterocycles. The molecule has 6 nitrogen and oxygen atoms in total. The van der Waals surface area contributed by atoms with Crippen molar-refractivity contribution in [1.82, 2.24) is 10.0 Å². The molecule has 0 bridgehead atoms. The van der Waals surface area contributed by atoms with Crippen LogP contribution in [0, 0.1) is 0 Å². The van der Waals surface area contributed by atoms with E-state index < -0.39 is 6.04 Å². The van der Waals surface area contributed by atoms with Gasteiger partial charge < -0.3 is 15.7 Å². The monoisotopic (exact) mass is 513 g/mol. The van der Waals surface area contributed by atoms with Crippen molar-refractivity contribution < 1.29 is 14.7 Å². The second-order valence-electron chi connectivity index (χ2n) is 9.86. The first-order valence-corrected chi connectivity index (χ1v) is 12.9. The van der Waals surface area contributed by atoms with Crippen molar-refractivity contribution in [2.75, 3.05) is 5.32 Å². The average Bonchev–Trinajstić information content (AvgIpc) is 2.87. The lowest BCUT2D eigenvalue weighted by Gasteiger charge is -2.21. The van der Waals surface area contributed by atoms with E-state index in [0.717, 1.165) is 21.2 Å². The van der Waals surface area contributed by atoms with Gasteiger partial charge in [0.05, 0.1) is 0 Å². The van der Waals surface area contributed by atoms with E-state index in [-0.39, 0.29) is 23.1 Å². The lowest BCUT2D eigenvalue weighted by Crippen LogP contribution is -2.45. The third-order valence-electron chi connectivity index (χ3n) is 5.64. The van der Waals surface area contributed by atoms with E-state index >= 15 is 0 Å². The normalized spacial score (nSPS) is 12.2. The number of phenolic OH excluding ortho intramolecular Hbond substituents is 1. The second-order valence-corrected chi connectivity index (χ2v) is 10.7. The van der Waals surface area contributed by atoms with E-state index in [4.69, 9.17) is 0 Å². The smallest absolute Gasteiger partial charge is 0.251 e. The van der Waals surface area contributed by atoms with Crippen LogP contribution in [0.1, 0.15) is 36.7 Å². The van der Waals surface area contributed by atoms with Gasteiger partial charge in [-0.3, -0.25) is 14.3 Å². The highest BCUT2D eigenvalue weighted by Crippen LogP contribution is 2.32. The maximum Gasteiger partial charge on any atom is 0.251 e. The Bertz CT molecular complexity index is 1380. The fourth-order valence-electron chi connectivity index (χ4n) is 3.82. The van der Waals surface area contributed by atoms with Crippen LogP contribution in [-0.4, -0.2) is 28.5 Å². The SMILES string of the molecule is CC(C)(C)NSc1cccc2c(NC(=O)[C@H](Cc3ccccc3)NC(=O)c3ccc(O)cc3)cccc12. The zero-order chi connectivity index (χ0) is 26.4. The molecular formula is C30H31N3O3S. The fourth-order valence-corrected chi connectivity index (χ4v) is 4.67. The minimum Gasteiger partial charge on any atom is -0.508 e. The molecule has 7 heteroatoms. The highest BCUT2D eigenvalue weighted by atomic mass is 32.2. The van der Waals surface area contributed by atoms with E-state index in [2.05, 4.69) is 36.1 Å². The summed E-state index contributed by atoms with van der Waals surface area (Å²) in [5.74, 6) is -0.628. The van der Waals surface area contributed by atoms with Gasteiger partial charge in [0, 0.05) is 33.5 Å². The van der Waals surface area contributed by atoms with Crippen LogP contribution in [0.5, 0.6) is 5.75 Å². The third kappa shape index (κ3) is 7.12. The van der Waals surface area contributed by atoms with Gasteiger partial charge in [0.1, 0.15) is 11.8 Å². The zero-order valence-corrected chi connectivity index (χ0v) is 21.9. The highest BCUT2D eigenvalue weighted by Gasteiger charge is 2.23. The number of nitrogens with one attached hydrogen (secondary N) is 3. The van der Waals surface area contributed by atoms with Gasteiger partial charge in [-0.05, 0) is 80.1 Å². The molecule has 0 aromatic heterocycles. The van der Waals surface area contributed by atoms with Gasteiger partial charge in [0.15, 0.2) is 0 Å². The summed E-state index contributed by atoms with van der Waals surface area (Å²) in [5, 5.41) is 17.4. The summed E-state index contributed by atoms with van der Waals surface area (Å²) in [6.07, 6.45) is 0.331. The van der Waals surface area contributed by atoms with Crippen LogP contribution in [0.3, 0.4) is 0 Å². The van der Waals surface area contributed by atoms with Crippen LogP contribution in [0.4, 0.5) is 5.69 Å². The molecule has 4 rings (SSSR count). The maximum absolute atomic E-state index is 13.5. The summed E-state index contributed by atoms with van der Waals surface area (Å²) in [7, 11) is 0. The summed E-state index contributed by atoms with van der Waals surface area (Å²) >= 11 is 1.56. The van der Waals surface area contributed by atoms with Crippen molar-refractivity contribution in [3.63, 3.8) is 0 Å². The topological polar surface area (TPSA) is 90.5 Å². The molecule has 0 aliphatic carbocycles. The van der Waals surface area contributed by atoms with Gasteiger partial charge in [0.25, 0.3) is 5.91 Å².